The number of Topliss-reactive ketones (excluding diaryl/α,β-unsaturated/α-hetero) is 1. The Morgan fingerprint density at radius 2 is 1.20 bits per heavy atom. The monoisotopic (exact) mass is 857 g/mol. The number of anilines is 1. The van der Waals surface area contributed by atoms with Crippen molar-refractivity contribution in [2.75, 3.05) is 70.7 Å². The van der Waals surface area contributed by atoms with Crippen LogP contribution in [0.4, 0.5) is 5.82 Å². The van der Waals surface area contributed by atoms with Crippen LogP contribution >= 0.6 is 0 Å². The van der Waals surface area contributed by atoms with E-state index in [1.165, 1.54) is 48.9 Å². The number of ether oxygens (including phenoxy) is 5. The van der Waals surface area contributed by atoms with Crippen molar-refractivity contribution in [3.63, 3.8) is 0 Å². The van der Waals surface area contributed by atoms with Gasteiger partial charge in [0.05, 0.1) is 50.1 Å². The summed E-state index contributed by atoms with van der Waals surface area (Å²) in [6, 6.07) is 17.5. The molecule has 3 rings (SSSR count). The van der Waals surface area contributed by atoms with Crippen LogP contribution in [0.1, 0.15) is 85.7 Å². The maximum Gasteiger partial charge on any atom is 0.329 e. The quantitative estimate of drug-likeness (QED) is 0.0538. The number of carboxylic acids is 2. The Bertz CT molecular complexity index is 1810. The lowest BCUT2D eigenvalue weighted by Gasteiger charge is -2.10. The van der Waals surface area contributed by atoms with Gasteiger partial charge >= 0.3 is 11.9 Å². The summed E-state index contributed by atoms with van der Waals surface area (Å²) in [5.41, 5.74) is 2.68. The molecule has 0 saturated heterocycles. The summed E-state index contributed by atoms with van der Waals surface area (Å²) in [6.45, 7) is 1.64. The van der Waals surface area contributed by atoms with Gasteiger partial charge in [-0.15, -0.1) is 0 Å². The van der Waals surface area contributed by atoms with E-state index in [1.807, 2.05) is 0 Å². The van der Waals surface area contributed by atoms with Crippen LogP contribution in [0.3, 0.4) is 0 Å². The van der Waals surface area contributed by atoms with E-state index in [2.05, 4.69) is 39.3 Å². The topological polar surface area (TPSA) is 226 Å². The van der Waals surface area contributed by atoms with Gasteiger partial charge < -0.3 is 39.2 Å². The fraction of sp³-hybridized carbons (Fsp3) is 0.512. The number of aromatic nitrogens is 1. The third kappa shape index (κ3) is 22.4. The highest BCUT2D eigenvalue weighted by Gasteiger charge is 2.16. The second-order valence-corrected chi connectivity index (χ2v) is 15.6. The number of amides is 1. The number of benzene rings is 2. The molecule has 330 valence electrons. The predicted octanol–water partition coefficient (Wildman–Crippen LogP) is 5.48. The SMILES string of the molecule is O=C(O)CCCCCCCCCc1ccc(CCOc2ccc(S(=O)(=O)Nc3ccc(C(=O)NCCOCCOCC(=O)CCCOCCOCC(=O)O)cn3)cc2)cc1. The zero-order valence-electron chi connectivity index (χ0n) is 34.1. The molecule has 4 N–H and O–H groups in total. The van der Waals surface area contributed by atoms with Gasteiger partial charge in [-0.1, -0.05) is 56.4 Å². The fourth-order valence-corrected chi connectivity index (χ4v) is 6.72. The van der Waals surface area contributed by atoms with Crippen LogP contribution in [0.15, 0.2) is 71.8 Å². The van der Waals surface area contributed by atoms with Crippen LogP contribution in [-0.2, 0) is 56.2 Å². The molecule has 3 aromatic rings. The molecule has 0 aliphatic rings. The van der Waals surface area contributed by atoms with Crippen molar-refractivity contribution in [1.29, 1.82) is 0 Å². The van der Waals surface area contributed by atoms with Crippen molar-refractivity contribution in [3.8, 4) is 5.75 Å². The summed E-state index contributed by atoms with van der Waals surface area (Å²) < 4.78 is 55.1. The number of hydrogen-bond donors (Lipinski definition) is 4. The van der Waals surface area contributed by atoms with Crippen LogP contribution in [-0.4, -0.2) is 113 Å². The number of carboxylic acid groups (broad SMARTS) is 2. The number of nitrogens with one attached hydrogen (secondary N) is 2. The first-order valence-electron chi connectivity index (χ1n) is 20.4. The molecule has 60 heavy (non-hydrogen) atoms. The number of aliphatic carboxylic acids is 2. The molecule has 0 saturated carbocycles. The Kier molecular flexibility index (Phi) is 24.1. The average molecular weight is 858 g/mol. The minimum atomic E-state index is -3.95. The predicted molar refractivity (Wildman–Crippen MR) is 223 cm³/mol. The van der Waals surface area contributed by atoms with Crippen molar-refractivity contribution in [2.24, 2.45) is 0 Å². The van der Waals surface area contributed by atoms with Crippen molar-refractivity contribution in [1.82, 2.24) is 10.3 Å². The van der Waals surface area contributed by atoms with Crippen LogP contribution in [0.5, 0.6) is 5.75 Å². The molecule has 2 aromatic carbocycles. The van der Waals surface area contributed by atoms with Gasteiger partial charge in [-0.05, 0) is 73.2 Å². The van der Waals surface area contributed by atoms with Gasteiger partial charge in [-0.3, -0.25) is 19.1 Å². The highest BCUT2D eigenvalue weighted by molar-refractivity contribution is 7.92. The number of carbonyl (C=O) groups excluding carboxylic acids is 2. The third-order valence-electron chi connectivity index (χ3n) is 8.95. The van der Waals surface area contributed by atoms with Gasteiger partial charge in [-0.25, -0.2) is 18.2 Å². The lowest BCUT2D eigenvalue weighted by molar-refractivity contribution is -0.143. The summed E-state index contributed by atoms with van der Waals surface area (Å²) in [5, 5.41) is 19.9. The van der Waals surface area contributed by atoms with Crippen LogP contribution in [0, 0.1) is 0 Å². The molecule has 17 heteroatoms. The zero-order chi connectivity index (χ0) is 43.3. The Morgan fingerprint density at radius 3 is 1.85 bits per heavy atom. The first-order chi connectivity index (χ1) is 29.0. The van der Waals surface area contributed by atoms with E-state index in [0.717, 1.165) is 44.1 Å². The molecule has 16 nitrogen and oxygen atoms in total. The van der Waals surface area contributed by atoms with E-state index in [-0.39, 0.29) is 87.7 Å². The number of rotatable bonds is 35. The molecule has 0 fully saturated rings. The van der Waals surface area contributed by atoms with Crippen molar-refractivity contribution in [3.05, 3.63) is 83.6 Å². The van der Waals surface area contributed by atoms with E-state index in [4.69, 9.17) is 33.9 Å². The standard InChI is InChI=1S/C43H59N3O13S/c47-37(10-8-24-55-27-30-58-33-42(50)51)32-57-29-28-56-26-23-44-43(52)36-16-21-40(45-31-36)46-60(53,54)39-19-17-38(18-20-39)59-25-22-35-14-12-34(13-15-35)9-6-4-2-1-3-5-7-11-41(48)49/h12-21,31H,1-11,22-30,32-33H2,(H,44,52)(H,45,46)(H,48,49)(H,50,51). The summed E-state index contributed by atoms with van der Waals surface area (Å²) in [6.07, 6.45) is 11.5. The second-order valence-electron chi connectivity index (χ2n) is 13.9. The molecular formula is C43H59N3O13S. The molecule has 0 radical (unpaired) electrons. The van der Waals surface area contributed by atoms with E-state index in [1.54, 1.807) is 12.1 Å². The maximum absolute atomic E-state index is 13.0. The number of ketones is 1. The van der Waals surface area contributed by atoms with Gasteiger partial charge in [0.25, 0.3) is 15.9 Å². The third-order valence-corrected chi connectivity index (χ3v) is 10.3. The van der Waals surface area contributed by atoms with Crippen LogP contribution < -0.4 is 14.8 Å². The van der Waals surface area contributed by atoms with Gasteiger partial charge in [0, 0.05) is 38.6 Å². The van der Waals surface area contributed by atoms with E-state index in [9.17, 15) is 27.6 Å². The van der Waals surface area contributed by atoms with Crippen molar-refractivity contribution >= 4 is 39.5 Å². The lowest BCUT2D eigenvalue weighted by Crippen LogP contribution is -2.28. The summed E-state index contributed by atoms with van der Waals surface area (Å²) >= 11 is 0. The molecule has 1 aromatic heterocycles. The second kappa shape index (κ2) is 29.3. The number of sulfonamides is 1. The fourth-order valence-electron chi connectivity index (χ4n) is 5.72. The highest BCUT2D eigenvalue weighted by Crippen LogP contribution is 2.20. The molecule has 0 bridgehead atoms. The van der Waals surface area contributed by atoms with Gasteiger partial charge in [0.15, 0.2) is 5.78 Å². The summed E-state index contributed by atoms with van der Waals surface area (Å²) in [4.78, 5) is 49.4. The van der Waals surface area contributed by atoms with E-state index >= 15 is 0 Å². The Balaban J connectivity index is 1.23. The molecule has 0 aliphatic heterocycles. The largest absolute Gasteiger partial charge is 0.493 e. The van der Waals surface area contributed by atoms with Crippen LogP contribution in [0.25, 0.3) is 0 Å². The van der Waals surface area contributed by atoms with E-state index in [0.29, 0.717) is 31.8 Å². The molecule has 0 atom stereocenters. The number of nitrogens with zero attached hydrogens (tertiary/aromatic N) is 1. The number of pyridine rings is 1. The Morgan fingerprint density at radius 1 is 0.583 bits per heavy atom. The molecule has 0 spiro atoms. The number of hydrogen-bond acceptors (Lipinski definition) is 12. The Labute approximate surface area is 352 Å². The van der Waals surface area contributed by atoms with Gasteiger partial charge in [-0.2, -0.15) is 0 Å². The Hall–Kier alpha value is -4.94. The van der Waals surface area contributed by atoms with E-state index < -0.39 is 27.9 Å². The normalized spacial score (nSPS) is 11.3. The maximum atomic E-state index is 13.0. The highest BCUT2D eigenvalue weighted by atomic mass is 32.2. The summed E-state index contributed by atoms with van der Waals surface area (Å²) in [7, 11) is -3.95. The van der Waals surface area contributed by atoms with Crippen LogP contribution in [0.2, 0.25) is 0 Å². The molecule has 0 unspecified atom stereocenters. The first-order valence-corrected chi connectivity index (χ1v) is 21.8. The molecule has 1 amide bonds. The lowest BCUT2D eigenvalue weighted by atomic mass is 10.0. The molecule has 0 aliphatic carbocycles. The number of aryl methyl sites for hydroxylation is 1. The minimum Gasteiger partial charge on any atom is -0.493 e. The molecule has 1 heterocycles. The smallest absolute Gasteiger partial charge is 0.329 e. The first kappa shape index (κ1) is 49.4. The zero-order valence-corrected chi connectivity index (χ0v) is 35.0. The number of unbranched alkanes of at least 4 members (excludes halogenated alkanes) is 6. The van der Waals surface area contributed by atoms with Crippen molar-refractivity contribution in [2.45, 2.75) is 81.9 Å². The minimum absolute atomic E-state index is 0.0304. The number of carbonyl (C=O) groups is 4. The van der Waals surface area contributed by atoms with Crippen molar-refractivity contribution < 1.29 is 61.5 Å². The van der Waals surface area contributed by atoms with Gasteiger partial charge in [0.1, 0.15) is 24.8 Å². The summed E-state index contributed by atoms with van der Waals surface area (Å²) in [5.74, 6) is -1.65. The average Bonchev–Trinajstić information content (AvgIpc) is 3.22. The molecular weight excluding hydrogens is 799 g/mol. The van der Waals surface area contributed by atoms with Gasteiger partial charge in [0.2, 0.25) is 0 Å².